The molecule has 0 aliphatic heterocycles. The van der Waals surface area contributed by atoms with Crippen molar-refractivity contribution in [2.45, 2.75) is 18.4 Å². The van der Waals surface area contributed by atoms with Gasteiger partial charge in [-0.3, -0.25) is 8.94 Å². The minimum atomic E-state index is -0.154. The number of aromatic nitrogens is 2. The Bertz CT molecular complexity index is 990. The number of hydrogen-bond donors (Lipinski definition) is 1. The Kier molecular flexibility index (Phi) is 6.06. The van der Waals surface area contributed by atoms with Crippen molar-refractivity contribution in [2.24, 2.45) is 4.99 Å². The molecule has 0 aliphatic rings. The summed E-state index contributed by atoms with van der Waals surface area (Å²) in [4.78, 5) is 18.3. The van der Waals surface area contributed by atoms with Gasteiger partial charge in [0.05, 0.1) is 5.69 Å². The van der Waals surface area contributed by atoms with Crippen molar-refractivity contribution in [1.29, 1.82) is 0 Å². The summed E-state index contributed by atoms with van der Waals surface area (Å²) in [5, 5.41) is 1.37. The van der Waals surface area contributed by atoms with Gasteiger partial charge in [-0.05, 0) is 60.4 Å². The highest BCUT2D eigenvalue weighted by Crippen LogP contribution is 2.22. The molecular formula is C17H15Cl2N3OS2. The molecule has 0 aliphatic carbocycles. The van der Waals surface area contributed by atoms with Crippen molar-refractivity contribution in [3.05, 3.63) is 73.4 Å². The van der Waals surface area contributed by atoms with Gasteiger partial charge in [0.25, 0.3) is 0 Å². The van der Waals surface area contributed by atoms with Gasteiger partial charge in [-0.2, -0.15) is 0 Å². The minimum Gasteiger partial charge on any atom is -0.267 e. The van der Waals surface area contributed by atoms with Gasteiger partial charge in [-0.1, -0.05) is 29.3 Å². The van der Waals surface area contributed by atoms with Crippen molar-refractivity contribution < 1.29 is 0 Å². The lowest BCUT2D eigenvalue weighted by molar-refractivity contribution is 0.705. The summed E-state index contributed by atoms with van der Waals surface area (Å²) in [5.41, 5.74) is 1.57. The molecule has 3 aromatic rings. The van der Waals surface area contributed by atoms with Crippen LogP contribution in [0.5, 0.6) is 0 Å². The van der Waals surface area contributed by atoms with Gasteiger partial charge in [-0.15, -0.1) is 11.8 Å². The maximum atomic E-state index is 12.0. The molecule has 0 unspecified atom stereocenters. The van der Waals surface area contributed by atoms with E-state index in [0.29, 0.717) is 21.4 Å². The van der Waals surface area contributed by atoms with Crippen LogP contribution in [-0.2, 0) is 6.54 Å². The number of hydrogen-bond acceptors (Lipinski definition) is 4. The molecule has 0 spiro atoms. The maximum absolute atomic E-state index is 12.0. The van der Waals surface area contributed by atoms with Crippen LogP contribution in [-0.4, -0.2) is 14.7 Å². The highest BCUT2D eigenvalue weighted by molar-refractivity contribution is 7.99. The number of nitrogens with one attached hydrogen (secondary N) is 1. The molecule has 0 amide bonds. The first-order valence-electron chi connectivity index (χ1n) is 7.50. The van der Waals surface area contributed by atoms with E-state index >= 15 is 0 Å². The fourth-order valence-corrected chi connectivity index (χ4v) is 3.98. The predicted octanol–water partition coefficient (Wildman–Crippen LogP) is 4.88. The molecule has 0 saturated heterocycles. The van der Waals surface area contributed by atoms with Crippen molar-refractivity contribution >= 4 is 52.2 Å². The number of thioether (sulfide) groups is 1. The fourth-order valence-electron chi connectivity index (χ4n) is 2.11. The third kappa shape index (κ3) is 4.79. The Balaban J connectivity index is 1.77. The summed E-state index contributed by atoms with van der Waals surface area (Å²) in [6, 6.07) is 13.3. The Labute approximate surface area is 163 Å². The molecule has 1 aromatic heterocycles. The van der Waals surface area contributed by atoms with Crippen LogP contribution in [0.4, 0.5) is 5.69 Å². The van der Waals surface area contributed by atoms with Gasteiger partial charge in [0.15, 0.2) is 0 Å². The number of aryl methyl sites for hydroxylation is 1. The first-order chi connectivity index (χ1) is 12.0. The van der Waals surface area contributed by atoms with E-state index in [1.807, 2.05) is 43.3 Å². The fraction of sp³-hybridized carbons (Fsp3) is 0.176. The second kappa shape index (κ2) is 8.27. The highest BCUT2D eigenvalue weighted by atomic mass is 35.5. The Morgan fingerprint density at radius 2 is 1.96 bits per heavy atom. The zero-order chi connectivity index (χ0) is 17.8. The molecule has 1 N–H and O–H groups in total. The molecule has 25 heavy (non-hydrogen) atoms. The molecule has 1 heterocycles. The van der Waals surface area contributed by atoms with Crippen molar-refractivity contribution in [3.63, 3.8) is 0 Å². The summed E-state index contributed by atoms with van der Waals surface area (Å²) in [7, 11) is 0. The largest absolute Gasteiger partial charge is 0.337 e. The van der Waals surface area contributed by atoms with Crippen molar-refractivity contribution in [1.82, 2.24) is 8.94 Å². The summed E-state index contributed by atoms with van der Waals surface area (Å²) in [6.45, 7) is 2.50. The van der Waals surface area contributed by atoms with Gasteiger partial charge in [0.2, 0.25) is 4.80 Å². The summed E-state index contributed by atoms with van der Waals surface area (Å²) < 4.78 is 4.38. The van der Waals surface area contributed by atoms with E-state index in [0.717, 1.165) is 21.9 Å². The van der Waals surface area contributed by atoms with Crippen LogP contribution in [0, 0.1) is 6.92 Å². The third-order valence-corrected chi connectivity index (χ3v) is 5.91. The van der Waals surface area contributed by atoms with E-state index in [2.05, 4.69) is 9.37 Å². The third-order valence-electron chi connectivity index (χ3n) is 3.48. The topological polar surface area (TPSA) is 50.1 Å². The molecule has 4 nitrogen and oxygen atoms in total. The van der Waals surface area contributed by atoms with Crippen LogP contribution in [0.15, 0.2) is 57.1 Å². The number of rotatable bonds is 5. The zero-order valence-corrected chi connectivity index (χ0v) is 16.5. The molecule has 0 bridgehead atoms. The molecular weight excluding hydrogens is 397 g/mol. The Hall–Kier alpha value is -1.47. The normalized spacial score (nSPS) is 11.9. The van der Waals surface area contributed by atoms with Crippen LogP contribution in [0.3, 0.4) is 0 Å². The van der Waals surface area contributed by atoms with Crippen molar-refractivity contribution in [3.8, 4) is 0 Å². The number of aromatic amines is 1. The van der Waals surface area contributed by atoms with Crippen LogP contribution < -0.4 is 10.5 Å². The molecule has 3 rings (SSSR count). The van der Waals surface area contributed by atoms with Gasteiger partial charge in [0.1, 0.15) is 0 Å². The molecule has 0 atom stereocenters. The second-order valence-corrected chi connectivity index (χ2v) is 8.08. The maximum Gasteiger partial charge on any atom is 0.337 e. The molecule has 0 fully saturated rings. The second-order valence-electron chi connectivity index (χ2n) is 5.29. The number of nitrogens with zero attached hydrogens (tertiary/aromatic N) is 2. The summed E-state index contributed by atoms with van der Waals surface area (Å²) in [5.74, 6) is 0.753. The minimum absolute atomic E-state index is 0.154. The smallest absolute Gasteiger partial charge is 0.267 e. The lowest BCUT2D eigenvalue weighted by atomic mass is 10.2. The van der Waals surface area contributed by atoms with E-state index in [1.165, 1.54) is 11.5 Å². The molecule has 8 heteroatoms. The molecule has 0 radical (unpaired) electrons. The number of H-pyrrole nitrogens is 1. The van der Waals surface area contributed by atoms with Gasteiger partial charge >= 0.3 is 5.69 Å². The van der Waals surface area contributed by atoms with E-state index < -0.39 is 0 Å². The van der Waals surface area contributed by atoms with Crippen LogP contribution >= 0.6 is 46.5 Å². The van der Waals surface area contributed by atoms with E-state index in [4.69, 9.17) is 23.2 Å². The SMILES string of the molecule is Cc1ccc(N=c2s[nH]c(=O)n2CCSc2ccc(Cl)cc2)cc1Cl. The average molecular weight is 412 g/mol. The van der Waals surface area contributed by atoms with E-state index in [1.54, 1.807) is 22.4 Å². The lowest BCUT2D eigenvalue weighted by Crippen LogP contribution is -2.27. The number of benzene rings is 2. The standard InChI is InChI=1S/C17H15Cl2N3OS2/c1-11-2-5-13(10-15(11)19)20-17-22(16(23)21-25-17)8-9-24-14-6-3-12(18)4-7-14/h2-7,10H,8-9H2,1H3,(H,21,23). The molecule has 0 saturated carbocycles. The van der Waals surface area contributed by atoms with Gasteiger partial charge < -0.3 is 0 Å². The number of halogens is 2. The Morgan fingerprint density at radius 3 is 2.68 bits per heavy atom. The van der Waals surface area contributed by atoms with Crippen LogP contribution in [0.1, 0.15) is 5.56 Å². The Morgan fingerprint density at radius 1 is 1.20 bits per heavy atom. The zero-order valence-electron chi connectivity index (χ0n) is 13.3. The van der Waals surface area contributed by atoms with Gasteiger partial charge in [-0.25, -0.2) is 9.79 Å². The van der Waals surface area contributed by atoms with Crippen LogP contribution in [0.25, 0.3) is 0 Å². The van der Waals surface area contributed by atoms with E-state index in [9.17, 15) is 4.79 Å². The molecule has 2 aromatic carbocycles. The first-order valence-corrected chi connectivity index (χ1v) is 10.1. The first kappa shape index (κ1) is 18.3. The lowest BCUT2D eigenvalue weighted by Gasteiger charge is -2.03. The summed E-state index contributed by atoms with van der Waals surface area (Å²) in [6.07, 6.45) is 0. The van der Waals surface area contributed by atoms with Crippen molar-refractivity contribution in [2.75, 3.05) is 5.75 Å². The van der Waals surface area contributed by atoms with E-state index in [-0.39, 0.29) is 5.69 Å². The summed E-state index contributed by atoms with van der Waals surface area (Å²) >= 11 is 14.9. The van der Waals surface area contributed by atoms with Gasteiger partial charge in [0, 0.05) is 27.2 Å². The monoisotopic (exact) mass is 411 g/mol. The predicted molar refractivity (Wildman–Crippen MR) is 107 cm³/mol. The highest BCUT2D eigenvalue weighted by Gasteiger charge is 2.04. The van der Waals surface area contributed by atoms with Crippen LogP contribution in [0.2, 0.25) is 10.0 Å². The average Bonchev–Trinajstić information content (AvgIpc) is 2.93. The molecule has 130 valence electrons. The quantitative estimate of drug-likeness (QED) is 0.608.